The van der Waals surface area contributed by atoms with Gasteiger partial charge in [-0.3, -0.25) is 0 Å². The lowest BCUT2D eigenvalue weighted by atomic mass is 10.1. The highest BCUT2D eigenvalue weighted by Gasteiger charge is 2.21. The third-order valence-electron chi connectivity index (χ3n) is 4.13. The van der Waals surface area contributed by atoms with E-state index in [4.69, 9.17) is 11.6 Å². The van der Waals surface area contributed by atoms with Gasteiger partial charge < -0.3 is 5.32 Å². The number of nitrogens with one attached hydrogen (secondary N) is 1. The van der Waals surface area contributed by atoms with Crippen molar-refractivity contribution in [2.45, 2.75) is 39.5 Å². The van der Waals surface area contributed by atoms with Gasteiger partial charge in [0.25, 0.3) is 0 Å². The molecule has 20 heavy (non-hydrogen) atoms. The van der Waals surface area contributed by atoms with E-state index in [1.165, 1.54) is 24.1 Å². The second-order valence-electron chi connectivity index (χ2n) is 5.79. The maximum Gasteiger partial charge on any atom is 0.225 e. The number of fused-ring (bicyclic) bond motifs is 1. The quantitative estimate of drug-likeness (QED) is 0.828. The van der Waals surface area contributed by atoms with Crippen molar-refractivity contribution in [3.05, 3.63) is 16.2 Å². The van der Waals surface area contributed by atoms with Crippen LogP contribution in [0.15, 0.2) is 6.07 Å². The molecule has 0 spiro atoms. The first kappa shape index (κ1) is 14.1. The molecule has 1 aliphatic carbocycles. The van der Waals surface area contributed by atoms with Crippen LogP contribution in [-0.2, 0) is 6.42 Å². The average Bonchev–Trinajstić information content (AvgIpc) is 3.01. The van der Waals surface area contributed by atoms with Crippen molar-refractivity contribution >= 4 is 39.0 Å². The Labute approximate surface area is 128 Å². The van der Waals surface area contributed by atoms with E-state index in [0.717, 1.165) is 40.8 Å². The van der Waals surface area contributed by atoms with E-state index in [2.05, 4.69) is 35.2 Å². The fourth-order valence-corrected chi connectivity index (χ4v) is 4.19. The highest BCUT2D eigenvalue weighted by Crippen LogP contribution is 2.33. The molecule has 2 aromatic rings. The summed E-state index contributed by atoms with van der Waals surface area (Å²) < 4.78 is 0. The predicted octanol–water partition coefficient (Wildman–Crippen LogP) is 4.76. The first-order valence-corrected chi connectivity index (χ1v) is 8.55. The standard InChI is InChI=1S/C15H20ClN3S/c1-3-11-7-12-13(18-15(16)19-14(12)20-11)17-8-10-5-4-9(2)6-10/h7,9-10H,3-6,8H2,1-2H3,(H,17,18,19). The van der Waals surface area contributed by atoms with Crippen LogP contribution in [0, 0.1) is 11.8 Å². The number of nitrogens with zero attached hydrogens (tertiary/aromatic N) is 2. The van der Waals surface area contributed by atoms with Crippen molar-refractivity contribution in [1.82, 2.24) is 9.97 Å². The minimum absolute atomic E-state index is 0.337. The molecule has 5 heteroatoms. The zero-order valence-electron chi connectivity index (χ0n) is 11.9. The third-order valence-corrected chi connectivity index (χ3v) is 5.47. The van der Waals surface area contributed by atoms with Crippen LogP contribution >= 0.6 is 22.9 Å². The van der Waals surface area contributed by atoms with Gasteiger partial charge in [0, 0.05) is 11.4 Å². The number of thiophene rings is 1. The van der Waals surface area contributed by atoms with Crippen molar-refractivity contribution in [3.63, 3.8) is 0 Å². The van der Waals surface area contributed by atoms with Gasteiger partial charge in [-0.2, -0.15) is 0 Å². The lowest BCUT2D eigenvalue weighted by Crippen LogP contribution is -2.12. The Morgan fingerprint density at radius 2 is 2.25 bits per heavy atom. The number of halogens is 1. The SMILES string of the molecule is CCc1cc2c(NCC3CCC(C)C3)nc(Cl)nc2s1. The van der Waals surface area contributed by atoms with E-state index in [0.29, 0.717) is 5.28 Å². The lowest BCUT2D eigenvalue weighted by Gasteiger charge is -2.12. The zero-order valence-corrected chi connectivity index (χ0v) is 13.5. The summed E-state index contributed by atoms with van der Waals surface area (Å²) in [6.45, 7) is 5.49. The predicted molar refractivity (Wildman–Crippen MR) is 86.8 cm³/mol. The van der Waals surface area contributed by atoms with Crippen molar-refractivity contribution < 1.29 is 0 Å². The second-order valence-corrected chi connectivity index (χ2v) is 7.24. The smallest absolute Gasteiger partial charge is 0.225 e. The average molecular weight is 310 g/mol. The molecule has 1 N–H and O–H groups in total. The van der Waals surface area contributed by atoms with Crippen LogP contribution in [0.3, 0.4) is 0 Å². The minimum atomic E-state index is 0.337. The monoisotopic (exact) mass is 309 g/mol. The Morgan fingerprint density at radius 3 is 2.95 bits per heavy atom. The highest BCUT2D eigenvalue weighted by molar-refractivity contribution is 7.18. The van der Waals surface area contributed by atoms with E-state index in [1.54, 1.807) is 11.3 Å². The van der Waals surface area contributed by atoms with Crippen LogP contribution in [0.25, 0.3) is 10.2 Å². The normalized spacial score (nSPS) is 22.6. The second kappa shape index (κ2) is 5.86. The van der Waals surface area contributed by atoms with Crippen LogP contribution in [0.2, 0.25) is 5.28 Å². The number of hydrogen-bond donors (Lipinski definition) is 1. The highest BCUT2D eigenvalue weighted by atomic mass is 35.5. The van der Waals surface area contributed by atoms with E-state index < -0.39 is 0 Å². The van der Waals surface area contributed by atoms with E-state index >= 15 is 0 Å². The molecule has 2 unspecified atom stereocenters. The Balaban J connectivity index is 1.81. The maximum atomic E-state index is 6.04. The Kier molecular flexibility index (Phi) is 4.13. The molecule has 1 fully saturated rings. The number of anilines is 1. The molecular weight excluding hydrogens is 290 g/mol. The van der Waals surface area contributed by atoms with E-state index in [9.17, 15) is 0 Å². The topological polar surface area (TPSA) is 37.8 Å². The lowest BCUT2D eigenvalue weighted by molar-refractivity contribution is 0.536. The molecule has 1 aliphatic rings. The van der Waals surface area contributed by atoms with Gasteiger partial charge in [-0.1, -0.05) is 20.3 Å². The summed E-state index contributed by atoms with van der Waals surface area (Å²) in [5, 5.41) is 4.95. The molecule has 0 saturated heterocycles. The van der Waals surface area contributed by atoms with Crippen molar-refractivity contribution in [1.29, 1.82) is 0 Å². The van der Waals surface area contributed by atoms with Gasteiger partial charge in [-0.15, -0.1) is 11.3 Å². The largest absolute Gasteiger partial charge is 0.369 e. The molecular formula is C15H20ClN3S. The van der Waals surface area contributed by atoms with Gasteiger partial charge in [0.05, 0.1) is 5.39 Å². The maximum absolute atomic E-state index is 6.04. The van der Waals surface area contributed by atoms with Crippen LogP contribution in [0.5, 0.6) is 0 Å². The van der Waals surface area contributed by atoms with Gasteiger partial charge in [0.15, 0.2) is 0 Å². The number of aromatic nitrogens is 2. The van der Waals surface area contributed by atoms with Crippen molar-refractivity contribution in [2.24, 2.45) is 11.8 Å². The first-order valence-electron chi connectivity index (χ1n) is 7.35. The number of hydrogen-bond acceptors (Lipinski definition) is 4. The molecule has 3 nitrogen and oxygen atoms in total. The van der Waals surface area contributed by atoms with Gasteiger partial charge in [-0.05, 0) is 48.8 Å². The van der Waals surface area contributed by atoms with Gasteiger partial charge >= 0.3 is 0 Å². The molecule has 3 rings (SSSR count). The summed E-state index contributed by atoms with van der Waals surface area (Å²) in [5.74, 6) is 2.53. The van der Waals surface area contributed by atoms with Crippen LogP contribution in [0.1, 0.15) is 38.0 Å². The van der Waals surface area contributed by atoms with Gasteiger partial charge in [-0.25, -0.2) is 9.97 Å². The summed E-state index contributed by atoms with van der Waals surface area (Å²) >= 11 is 7.75. The molecule has 0 radical (unpaired) electrons. The van der Waals surface area contributed by atoms with Gasteiger partial charge in [0.1, 0.15) is 10.6 Å². The minimum Gasteiger partial charge on any atom is -0.369 e. The molecule has 108 valence electrons. The summed E-state index contributed by atoms with van der Waals surface area (Å²) in [6, 6.07) is 2.19. The fraction of sp³-hybridized carbons (Fsp3) is 0.600. The summed E-state index contributed by atoms with van der Waals surface area (Å²) in [4.78, 5) is 11.0. The fourth-order valence-electron chi connectivity index (χ4n) is 3.01. The number of aryl methyl sites for hydroxylation is 1. The summed E-state index contributed by atoms with van der Waals surface area (Å²) in [5.41, 5.74) is 0. The van der Waals surface area contributed by atoms with Gasteiger partial charge in [0.2, 0.25) is 5.28 Å². The molecule has 0 amide bonds. The van der Waals surface area contributed by atoms with Crippen molar-refractivity contribution in [3.8, 4) is 0 Å². The van der Waals surface area contributed by atoms with Crippen LogP contribution < -0.4 is 5.32 Å². The molecule has 2 atom stereocenters. The van der Waals surface area contributed by atoms with Crippen LogP contribution in [-0.4, -0.2) is 16.5 Å². The Hall–Kier alpha value is -0.870. The molecule has 0 aromatic carbocycles. The third kappa shape index (κ3) is 2.91. The Bertz CT molecular complexity index is 610. The van der Waals surface area contributed by atoms with E-state index in [1.807, 2.05) is 0 Å². The zero-order chi connectivity index (χ0) is 14.1. The summed E-state index contributed by atoms with van der Waals surface area (Å²) in [6.07, 6.45) is 5.02. The van der Waals surface area contributed by atoms with Crippen LogP contribution in [0.4, 0.5) is 5.82 Å². The number of rotatable bonds is 4. The van der Waals surface area contributed by atoms with Crippen molar-refractivity contribution in [2.75, 3.05) is 11.9 Å². The molecule has 2 aromatic heterocycles. The molecule has 0 aliphatic heterocycles. The molecule has 1 saturated carbocycles. The first-order chi connectivity index (χ1) is 9.65. The molecule has 2 heterocycles. The Morgan fingerprint density at radius 1 is 1.40 bits per heavy atom. The molecule has 0 bridgehead atoms. The van der Waals surface area contributed by atoms with E-state index in [-0.39, 0.29) is 0 Å². The summed E-state index contributed by atoms with van der Waals surface area (Å²) in [7, 11) is 0.